The maximum Gasteiger partial charge on any atom is 0.413 e. The predicted octanol–water partition coefficient (Wildman–Crippen LogP) is 13.0. The molecule has 1 aromatic carbocycles. The van der Waals surface area contributed by atoms with E-state index in [0.29, 0.717) is 12.1 Å². The van der Waals surface area contributed by atoms with Crippen molar-refractivity contribution in [2.45, 2.75) is 132 Å². The van der Waals surface area contributed by atoms with Gasteiger partial charge in [0, 0.05) is 58.2 Å². The molecule has 1 aromatic heterocycles. The molecular formula is C40H65ClF3N3O. The molecule has 0 spiro atoms. The SMILES string of the molecule is C/C(=C\N)C(F)(F)F.C=C(/C=C\C(=C/CCC)C(C)c1[nH]c2ccc(Cl)cc2c1CCCC)CC.CC/C=C(\C)N.CCCOCCC. The van der Waals surface area contributed by atoms with Gasteiger partial charge in [-0.05, 0) is 88.1 Å². The Morgan fingerprint density at radius 1 is 0.979 bits per heavy atom. The Bertz CT molecular complexity index is 1260. The van der Waals surface area contributed by atoms with Gasteiger partial charge in [-0.1, -0.05) is 109 Å². The zero-order valence-electron chi connectivity index (χ0n) is 31.3. The highest BCUT2D eigenvalue weighted by Crippen LogP contribution is 2.35. The fourth-order valence-electron chi connectivity index (χ4n) is 4.24. The number of aromatic amines is 1. The van der Waals surface area contributed by atoms with Crippen LogP contribution in [0.15, 0.2) is 77.7 Å². The molecule has 0 aliphatic heterocycles. The molecule has 2 rings (SSSR count). The summed E-state index contributed by atoms with van der Waals surface area (Å²) >= 11 is 6.30. The first-order valence-electron chi connectivity index (χ1n) is 17.5. The summed E-state index contributed by atoms with van der Waals surface area (Å²) in [4.78, 5) is 3.70. The van der Waals surface area contributed by atoms with Crippen LogP contribution in [0.4, 0.5) is 13.2 Å². The molecule has 8 heteroatoms. The Kier molecular flexibility index (Phi) is 27.5. The molecule has 48 heavy (non-hydrogen) atoms. The van der Waals surface area contributed by atoms with Crippen molar-refractivity contribution < 1.29 is 17.9 Å². The molecule has 0 saturated heterocycles. The fraction of sp³-hybridized carbons (Fsp3) is 0.550. The normalized spacial score (nSPS) is 12.9. The van der Waals surface area contributed by atoms with Crippen LogP contribution in [0, 0.1) is 0 Å². The van der Waals surface area contributed by atoms with Gasteiger partial charge in [0.1, 0.15) is 0 Å². The topological polar surface area (TPSA) is 77.1 Å². The highest BCUT2D eigenvalue weighted by molar-refractivity contribution is 6.31. The van der Waals surface area contributed by atoms with Crippen LogP contribution >= 0.6 is 11.6 Å². The van der Waals surface area contributed by atoms with E-state index in [4.69, 9.17) is 22.1 Å². The third-order valence-corrected chi connectivity index (χ3v) is 7.40. The fourth-order valence-corrected chi connectivity index (χ4v) is 4.41. The lowest BCUT2D eigenvalue weighted by Crippen LogP contribution is -2.10. The Morgan fingerprint density at radius 2 is 1.60 bits per heavy atom. The standard InChI is InChI=1S/C25H34ClN.C6H14O.C5H11N.C4H6F3N/c1-6-9-11-20(14-13-18(4)8-3)19(5)25-22(12-10-7-2)23-17-21(26)15-16-24(23)27-25;1-3-5-7-6-4-2;1-3-4-5(2)6;1-3(2-8)4(5,6)7/h11,13-17,19,27H,4,6-10,12H2,1-3,5H3;3-6H2,1-2H3;4H,3,6H2,1-2H3;2H,8H2,1H3/b14-13-,20-11+;;5-4+;3-2+. The average molecular weight is 696 g/mol. The maximum atomic E-state index is 11.3. The monoisotopic (exact) mass is 695 g/mol. The number of hydrogen-bond acceptors (Lipinski definition) is 3. The molecule has 0 amide bonds. The van der Waals surface area contributed by atoms with Gasteiger partial charge < -0.3 is 21.2 Å². The molecule has 0 bridgehead atoms. The number of nitrogens with one attached hydrogen (secondary N) is 1. The number of alkyl halides is 3. The second-order valence-electron chi connectivity index (χ2n) is 11.7. The van der Waals surface area contributed by atoms with Crippen LogP contribution in [-0.2, 0) is 11.2 Å². The van der Waals surface area contributed by atoms with Gasteiger partial charge in [-0.15, -0.1) is 0 Å². The quantitative estimate of drug-likeness (QED) is 0.128. The van der Waals surface area contributed by atoms with E-state index in [1.807, 2.05) is 19.1 Å². The number of allylic oxidation sites excluding steroid dienone is 8. The minimum Gasteiger partial charge on any atom is -0.404 e. The predicted molar refractivity (Wildman–Crippen MR) is 206 cm³/mol. The van der Waals surface area contributed by atoms with E-state index in [1.165, 1.54) is 46.1 Å². The van der Waals surface area contributed by atoms with E-state index in [0.717, 1.165) is 75.8 Å². The van der Waals surface area contributed by atoms with Crippen molar-refractivity contribution in [3.05, 3.63) is 94.0 Å². The van der Waals surface area contributed by atoms with Gasteiger partial charge in [-0.3, -0.25) is 0 Å². The van der Waals surface area contributed by atoms with Crippen molar-refractivity contribution in [1.82, 2.24) is 4.98 Å². The number of H-pyrrole nitrogens is 1. The second-order valence-corrected chi connectivity index (χ2v) is 12.1. The summed E-state index contributed by atoms with van der Waals surface area (Å²) in [7, 11) is 0. The minimum absolute atomic E-state index is 0.315. The Labute approximate surface area is 295 Å². The number of benzene rings is 1. The van der Waals surface area contributed by atoms with Crippen LogP contribution in [0.2, 0.25) is 5.02 Å². The molecule has 0 fully saturated rings. The highest BCUT2D eigenvalue weighted by atomic mass is 35.5. The van der Waals surface area contributed by atoms with Crippen molar-refractivity contribution in [2.75, 3.05) is 13.2 Å². The Balaban J connectivity index is 0. The van der Waals surface area contributed by atoms with Gasteiger partial charge in [0.2, 0.25) is 0 Å². The van der Waals surface area contributed by atoms with Gasteiger partial charge in [-0.25, -0.2) is 0 Å². The first-order chi connectivity index (χ1) is 22.7. The van der Waals surface area contributed by atoms with Crippen molar-refractivity contribution in [1.29, 1.82) is 0 Å². The number of aromatic nitrogens is 1. The molecule has 4 nitrogen and oxygen atoms in total. The molecule has 0 radical (unpaired) electrons. The molecule has 274 valence electrons. The Hall–Kier alpha value is -2.90. The van der Waals surface area contributed by atoms with E-state index in [9.17, 15) is 13.2 Å². The third-order valence-electron chi connectivity index (χ3n) is 7.17. The molecule has 1 unspecified atom stereocenters. The first kappa shape index (κ1) is 47.2. The van der Waals surface area contributed by atoms with Crippen LogP contribution in [0.5, 0.6) is 0 Å². The largest absolute Gasteiger partial charge is 0.413 e. The van der Waals surface area contributed by atoms with Crippen molar-refractivity contribution in [3.8, 4) is 0 Å². The summed E-state index contributed by atoms with van der Waals surface area (Å²) in [5.41, 5.74) is 16.5. The van der Waals surface area contributed by atoms with E-state index < -0.39 is 11.7 Å². The van der Waals surface area contributed by atoms with Crippen LogP contribution in [0.3, 0.4) is 0 Å². The van der Waals surface area contributed by atoms with Gasteiger partial charge in [-0.2, -0.15) is 13.2 Å². The minimum atomic E-state index is -4.26. The van der Waals surface area contributed by atoms with Gasteiger partial charge in [0.25, 0.3) is 0 Å². The summed E-state index contributed by atoms with van der Waals surface area (Å²) in [5, 5.41) is 2.08. The van der Waals surface area contributed by atoms with Crippen LogP contribution in [0.1, 0.15) is 131 Å². The molecule has 2 aromatic rings. The summed E-state index contributed by atoms with van der Waals surface area (Å²) in [6, 6.07) is 6.18. The highest BCUT2D eigenvalue weighted by Gasteiger charge is 2.29. The lowest BCUT2D eigenvalue weighted by Gasteiger charge is -2.15. The van der Waals surface area contributed by atoms with Crippen LogP contribution in [-0.4, -0.2) is 24.4 Å². The number of nitrogens with two attached hydrogens (primary N) is 2. The van der Waals surface area contributed by atoms with E-state index >= 15 is 0 Å². The zero-order chi connectivity index (χ0) is 37.1. The van der Waals surface area contributed by atoms with Crippen molar-refractivity contribution >= 4 is 22.5 Å². The summed E-state index contributed by atoms with van der Waals surface area (Å²) < 4.78 is 39.0. The average Bonchev–Trinajstić information content (AvgIpc) is 3.40. The van der Waals surface area contributed by atoms with E-state index in [2.05, 4.69) is 96.1 Å². The zero-order valence-corrected chi connectivity index (χ0v) is 32.0. The molecule has 0 aliphatic carbocycles. The van der Waals surface area contributed by atoms with Crippen LogP contribution in [0.25, 0.3) is 10.9 Å². The smallest absolute Gasteiger partial charge is 0.404 e. The number of hydrogen-bond donors (Lipinski definition) is 3. The van der Waals surface area contributed by atoms with Crippen LogP contribution < -0.4 is 11.5 Å². The summed E-state index contributed by atoms with van der Waals surface area (Å²) in [5.74, 6) is 0.315. The molecule has 1 atom stereocenters. The number of halogens is 4. The molecule has 1 heterocycles. The summed E-state index contributed by atoms with van der Waals surface area (Å²) in [6.45, 7) is 24.0. The molecule has 0 saturated carbocycles. The molecule has 0 aliphatic rings. The third kappa shape index (κ3) is 21.1. The van der Waals surface area contributed by atoms with E-state index in [1.54, 1.807) is 0 Å². The van der Waals surface area contributed by atoms with E-state index in [-0.39, 0.29) is 0 Å². The first-order valence-corrected chi connectivity index (χ1v) is 17.9. The van der Waals surface area contributed by atoms with Crippen molar-refractivity contribution in [3.63, 3.8) is 0 Å². The van der Waals surface area contributed by atoms with Gasteiger partial charge in [0.05, 0.1) is 0 Å². The van der Waals surface area contributed by atoms with Gasteiger partial charge in [0.15, 0.2) is 0 Å². The number of ether oxygens (including phenoxy) is 1. The Morgan fingerprint density at radius 3 is 2.02 bits per heavy atom. The van der Waals surface area contributed by atoms with Gasteiger partial charge >= 0.3 is 6.18 Å². The number of aryl methyl sites for hydroxylation is 1. The number of unbranched alkanes of at least 4 members (excludes halogenated alkanes) is 2. The lowest BCUT2D eigenvalue weighted by atomic mass is 9.90. The molecule has 5 N–H and O–H groups in total. The maximum absolute atomic E-state index is 11.3. The number of fused-ring (bicyclic) bond motifs is 1. The summed E-state index contributed by atoms with van der Waals surface area (Å²) in [6.07, 6.45) is 15.1. The second kappa shape index (κ2) is 28.0. The molecular weight excluding hydrogens is 631 g/mol. The number of rotatable bonds is 15. The lowest BCUT2D eigenvalue weighted by molar-refractivity contribution is -0.0915. The van der Waals surface area contributed by atoms with Crippen molar-refractivity contribution in [2.24, 2.45) is 11.5 Å².